The third kappa shape index (κ3) is 1.84. The van der Waals surface area contributed by atoms with E-state index >= 15 is 0 Å². The van der Waals surface area contributed by atoms with Crippen LogP contribution in [-0.4, -0.2) is 12.5 Å². The standard InChI is InChI=1S/C15H14N2O/c1-11-7-8-13-14(9-11)17(10-15(18)16-13)12-5-3-2-4-6-12/h2-9H,10H2,1H3,(H,16,18). The van der Waals surface area contributed by atoms with Gasteiger partial charge in [-0.2, -0.15) is 0 Å². The Morgan fingerprint density at radius 1 is 1.11 bits per heavy atom. The summed E-state index contributed by atoms with van der Waals surface area (Å²) in [5.41, 5.74) is 4.16. The smallest absolute Gasteiger partial charge is 0.244 e. The highest BCUT2D eigenvalue weighted by Crippen LogP contribution is 2.35. The van der Waals surface area contributed by atoms with Gasteiger partial charge in [-0.05, 0) is 36.8 Å². The van der Waals surface area contributed by atoms with Crippen molar-refractivity contribution in [3.8, 4) is 0 Å². The molecule has 3 rings (SSSR count). The summed E-state index contributed by atoms with van der Waals surface area (Å²) >= 11 is 0. The van der Waals surface area contributed by atoms with Gasteiger partial charge in [-0.1, -0.05) is 24.3 Å². The number of nitrogens with zero attached hydrogens (tertiary/aromatic N) is 1. The summed E-state index contributed by atoms with van der Waals surface area (Å²) in [7, 11) is 0. The number of amides is 1. The number of hydrogen-bond acceptors (Lipinski definition) is 2. The van der Waals surface area contributed by atoms with Gasteiger partial charge in [0.1, 0.15) is 6.54 Å². The molecule has 0 saturated carbocycles. The lowest BCUT2D eigenvalue weighted by Gasteiger charge is -2.31. The van der Waals surface area contributed by atoms with E-state index in [-0.39, 0.29) is 5.91 Å². The van der Waals surface area contributed by atoms with Gasteiger partial charge in [0, 0.05) is 5.69 Å². The first-order valence-corrected chi connectivity index (χ1v) is 5.97. The van der Waals surface area contributed by atoms with E-state index in [2.05, 4.69) is 18.3 Å². The van der Waals surface area contributed by atoms with Gasteiger partial charge in [0.25, 0.3) is 0 Å². The highest BCUT2D eigenvalue weighted by Gasteiger charge is 2.22. The Morgan fingerprint density at radius 3 is 2.67 bits per heavy atom. The molecule has 0 aliphatic carbocycles. The highest BCUT2D eigenvalue weighted by molar-refractivity contribution is 6.03. The molecule has 18 heavy (non-hydrogen) atoms. The Kier molecular flexibility index (Phi) is 2.52. The normalized spacial score (nSPS) is 14.1. The van der Waals surface area contributed by atoms with E-state index in [1.165, 1.54) is 5.56 Å². The van der Waals surface area contributed by atoms with Crippen molar-refractivity contribution in [2.45, 2.75) is 6.92 Å². The first-order chi connectivity index (χ1) is 8.74. The van der Waals surface area contributed by atoms with Crippen molar-refractivity contribution in [2.75, 3.05) is 16.8 Å². The van der Waals surface area contributed by atoms with Gasteiger partial charge in [-0.25, -0.2) is 0 Å². The summed E-state index contributed by atoms with van der Waals surface area (Å²) < 4.78 is 0. The summed E-state index contributed by atoms with van der Waals surface area (Å²) in [6, 6.07) is 16.0. The molecule has 0 fully saturated rings. The molecule has 1 aliphatic heterocycles. The second-order valence-electron chi connectivity index (χ2n) is 4.49. The van der Waals surface area contributed by atoms with Crippen molar-refractivity contribution in [2.24, 2.45) is 0 Å². The van der Waals surface area contributed by atoms with E-state index in [1.807, 2.05) is 47.4 Å². The summed E-state index contributed by atoms with van der Waals surface area (Å²) in [6.45, 7) is 2.42. The second-order valence-corrected chi connectivity index (χ2v) is 4.49. The fraction of sp³-hybridized carbons (Fsp3) is 0.133. The molecule has 0 spiro atoms. The van der Waals surface area contributed by atoms with Crippen LogP contribution in [0.5, 0.6) is 0 Å². The molecule has 3 heteroatoms. The average Bonchev–Trinajstić information content (AvgIpc) is 2.39. The minimum atomic E-state index is 0.0233. The van der Waals surface area contributed by atoms with Crippen molar-refractivity contribution in [3.05, 3.63) is 54.1 Å². The lowest BCUT2D eigenvalue weighted by Crippen LogP contribution is -2.35. The van der Waals surface area contributed by atoms with Gasteiger partial charge in [0.05, 0.1) is 11.4 Å². The van der Waals surface area contributed by atoms with Crippen LogP contribution >= 0.6 is 0 Å². The highest BCUT2D eigenvalue weighted by atomic mass is 16.2. The van der Waals surface area contributed by atoms with E-state index in [1.54, 1.807) is 0 Å². The fourth-order valence-corrected chi connectivity index (χ4v) is 2.23. The molecule has 0 radical (unpaired) electrons. The van der Waals surface area contributed by atoms with Gasteiger partial charge in [-0.15, -0.1) is 0 Å². The molecule has 3 nitrogen and oxygen atoms in total. The molecule has 2 aromatic carbocycles. The lowest BCUT2D eigenvalue weighted by molar-refractivity contribution is -0.115. The van der Waals surface area contributed by atoms with Crippen LogP contribution in [0.3, 0.4) is 0 Å². The zero-order chi connectivity index (χ0) is 12.5. The molecular formula is C15H14N2O. The van der Waals surface area contributed by atoms with Crippen molar-refractivity contribution in [1.29, 1.82) is 0 Å². The maximum absolute atomic E-state index is 11.7. The molecule has 2 aromatic rings. The topological polar surface area (TPSA) is 32.3 Å². The Bertz CT molecular complexity index is 593. The zero-order valence-electron chi connectivity index (χ0n) is 10.2. The van der Waals surface area contributed by atoms with E-state index in [0.717, 1.165) is 17.1 Å². The molecule has 1 N–H and O–H groups in total. The summed E-state index contributed by atoms with van der Waals surface area (Å²) in [5, 5.41) is 2.91. The van der Waals surface area contributed by atoms with Crippen molar-refractivity contribution < 1.29 is 4.79 Å². The molecule has 1 heterocycles. The van der Waals surface area contributed by atoms with Crippen LogP contribution in [0.2, 0.25) is 0 Å². The van der Waals surface area contributed by atoms with Crippen molar-refractivity contribution >= 4 is 23.0 Å². The number of hydrogen-bond donors (Lipinski definition) is 1. The van der Waals surface area contributed by atoms with E-state index < -0.39 is 0 Å². The minimum absolute atomic E-state index is 0.0233. The number of para-hydroxylation sites is 1. The van der Waals surface area contributed by atoms with E-state index in [4.69, 9.17) is 0 Å². The molecule has 90 valence electrons. The van der Waals surface area contributed by atoms with Gasteiger partial charge in [0.15, 0.2) is 0 Å². The first-order valence-electron chi connectivity index (χ1n) is 5.97. The summed E-state index contributed by atoms with van der Waals surface area (Å²) in [4.78, 5) is 13.8. The second kappa shape index (κ2) is 4.18. The van der Waals surface area contributed by atoms with Crippen LogP contribution in [0.4, 0.5) is 17.1 Å². The number of rotatable bonds is 1. The number of fused-ring (bicyclic) bond motifs is 1. The maximum Gasteiger partial charge on any atom is 0.244 e. The third-order valence-corrected chi connectivity index (χ3v) is 3.09. The number of anilines is 3. The quantitative estimate of drug-likeness (QED) is 0.828. The maximum atomic E-state index is 11.7. The molecule has 0 saturated heterocycles. The van der Waals surface area contributed by atoms with E-state index in [0.29, 0.717) is 6.54 Å². The Hall–Kier alpha value is -2.29. The number of aryl methyl sites for hydroxylation is 1. The Labute approximate surface area is 106 Å². The molecule has 0 bridgehead atoms. The largest absolute Gasteiger partial charge is 0.330 e. The predicted molar refractivity (Wildman–Crippen MR) is 73.3 cm³/mol. The minimum Gasteiger partial charge on any atom is -0.330 e. The Balaban J connectivity index is 2.12. The van der Waals surface area contributed by atoms with Crippen molar-refractivity contribution in [3.63, 3.8) is 0 Å². The zero-order valence-corrected chi connectivity index (χ0v) is 10.2. The Morgan fingerprint density at radius 2 is 1.89 bits per heavy atom. The van der Waals surface area contributed by atoms with Crippen LogP contribution in [0.15, 0.2) is 48.5 Å². The van der Waals surface area contributed by atoms with Crippen molar-refractivity contribution in [1.82, 2.24) is 0 Å². The fourth-order valence-electron chi connectivity index (χ4n) is 2.23. The molecule has 1 aliphatic rings. The molecule has 1 amide bonds. The van der Waals surface area contributed by atoms with Gasteiger partial charge >= 0.3 is 0 Å². The third-order valence-electron chi connectivity index (χ3n) is 3.09. The van der Waals surface area contributed by atoms with E-state index in [9.17, 15) is 4.79 Å². The van der Waals surface area contributed by atoms with Gasteiger partial charge < -0.3 is 10.2 Å². The monoisotopic (exact) mass is 238 g/mol. The lowest BCUT2D eigenvalue weighted by atomic mass is 10.1. The van der Waals surface area contributed by atoms with Gasteiger partial charge in [-0.3, -0.25) is 4.79 Å². The molecular weight excluding hydrogens is 224 g/mol. The number of carbonyl (C=O) groups is 1. The van der Waals surface area contributed by atoms with Crippen LogP contribution < -0.4 is 10.2 Å². The molecule has 0 unspecified atom stereocenters. The first kappa shape index (κ1) is 10.8. The predicted octanol–water partition coefficient (Wildman–Crippen LogP) is 3.09. The number of nitrogens with one attached hydrogen (secondary N) is 1. The summed E-state index contributed by atoms with van der Waals surface area (Å²) in [6.07, 6.45) is 0. The summed E-state index contributed by atoms with van der Waals surface area (Å²) in [5.74, 6) is 0.0233. The SMILES string of the molecule is Cc1ccc2c(c1)N(c1ccccc1)CC(=O)N2. The van der Waals surface area contributed by atoms with Crippen LogP contribution in [0, 0.1) is 6.92 Å². The average molecular weight is 238 g/mol. The van der Waals surface area contributed by atoms with Crippen LogP contribution in [0.1, 0.15) is 5.56 Å². The van der Waals surface area contributed by atoms with Crippen LogP contribution in [0.25, 0.3) is 0 Å². The van der Waals surface area contributed by atoms with Gasteiger partial charge in [0.2, 0.25) is 5.91 Å². The number of carbonyl (C=O) groups excluding carboxylic acids is 1. The number of benzene rings is 2. The molecule has 0 aromatic heterocycles. The molecule has 0 atom stereocenters. The van der Waals surface area contributed by atoms with Crippen LogP contribution in [-0.2, 0) is 4.79 Å².